The number of hydrogen-bond acceptors (Lipinski definition) is 5. The number of anilines is 1. The van der Waals surface area contributed by atoms with Gasteiger partial charge in [-0.3, -0.25) is 0 Å². The van der Waals surface area contributed by atoms with E-state index in [1.54, 1.807) is 13.4 Å². The number of ether oxygens (including phenoxy) is 1. The maximum Gasteiger partial charge on any atom is 0.146 e. The average molecular weight is 377 g/mol. The molecule has 0 unspecified atom stereocenters. The summed E-state index contributed by atoms with van der Waals surface area (Å²) in [6.45, 7) is 4.66. The Morgan fingerprint density at radius 2 is 1.96 bits per heavy atom. The molecule has 1 fully saturated rings. The Morgan fingerprint density at radius 1 is 1.21 bits per heavy atom. The third kappa shape index (κ3) is 3.47. The van der Waals surface area contributed by atoms with Crippen LogP contribution in [-0.2, 0) is 0 Å². The van der Waals surface area contributed by atoms with Crippen LogP contribution in [0, 0.1) is 0 Å². The number of rotatable bonds is 6. The molecular weight excluding hydrogens is 350 g/mol. The summed E-state index contributed by atoms with van der Waals surface area (Å²) in [6, 6.07) is 9.03. The van der Waals surface area contributed by atoms with Crippen LogP contribution in [0.3, 0.4) is 0 Å². The molecule has 6 nitrogen and oxygen atoms in total. The quantitative estimate of drug-likeness (QED) is 0.636. The lowest BCUT2D eigenvalue weighted by atomic mass is 9.91. The minimum atomic E-state index is 0.422. The maximum atomic E-state index is 6.26. The molecule has 0 bridgehead atoms. The predicted molar refractivity (Wildman–Crippen MR) is 113 cm³/mol. The van der Waals surface area contributed by atoms with E-state index in [9.17, 15) is 0 Å². The van der Waals surface area contributed by atoms with Crippen LogP contribution in [0.1, 0.15) is 31.7 Å². The largest absolute Gasteiger partial charge is 0.497 e. The molecule has 6 heteroatoms. The van der Waals surface area contributed by atoms with Crippen molar-refractivity contribution in [3.8, 4) is 16.9 Å². The second-order valence-corrected chi connectivity index (χ2v) is 7.34. The number of nitrogens with one attached hydrogen (secondary N) is 1. The highest BCUT2D eigenvalue weighted by Crippen LogP contribution is 2.38. The van der Waals surface area contributed by atoms with Crippen molar-refractivity contribution in [2.24, 2.45) is 0 Å². The fourth-order valence-corrected chi connectivity index (χ4v) is 4.18. The average Bonchev–Trinajstić information content (AvgIpc) is 3.14. The highest BCUT2D eigenvalue weighted by atomic mass is 16.5. The molecule has 2 heterocycles. The van der Waals surface area contributed by atoms with Gasteiger partial charge in [0.15, 0.2) is 0 Å². The van der Waals surface area contributed by atoms with Gasteiger partial charge < -0.3 is 20.4 Å². The summed E-state index contributed by atoms with van der Waals surface area (Å²) in [7, 11) is 1.67. The van der Waals surface area contributed by atoms with Crippen molar-refractivity contribution in [1.29, 1.82) is 0 Å². The van der Waals surface area contributed by atoms with E-state index in [4.69, 9.17) is 10.5 Å². The summed E-state index contributed by atoms with van der Waals surface area (Å²) < 4.78 is 7.59. The molecule has 1 aromatic carbocycles. The first-order valence-corrected chi connectivity index (χ1v) is 9.81. The molecule has 28 heavy (non-hydrogen) atoms. The number of methoxy groups -OCH3 is 1. The number of hydrogen-bond donors (Lipinski definition) is 2. The fraction of sp³-hybridized carbons (Fsp3) is 0.364. The van der Waals surface area contributed by atoms with Crippen LogP contribution in [0.4, 0.5) is 5.82 Å². The molecule has 3 aromatic rings. The van der Waals surface area contributed by atoms with Gasteiger partial charge in [-0.2, -0.15) is 0 Å². The number of aromatic nitrogens is 3. The molecule has 3 N–H and O–H groups in total. The van der Waals surface area contributed by atoms with Crippen LogP contribution in [0.15, 0.2) is 49.4 Å². The molecule has 0 radical (unpaired) electrons. The van der Waals surface area contributed by atoms with E-state index in [-0.39, 0.29) is 0 Å². The smallest absolute Gasteiger partial charge is 0.146 e. The minimum absolute atomic E-state index is 0.422. The van der Waals surface area contributed by atoms with Crippen LogP contribution in [0.25, 0.3) is 22.2 Å². The van der Waals surface area contributed by atoms with Gasteiger partial charge in [0, 0.05) is 30.4 Å². The summed E-state index contributed by atoms with van der Waals surface area (Å²) in [6.07, 6.45) is 10.2. The van der Waals surface area contributed by atoms with Gasteiger partial charge in [0.25, 0.3) is 0 Å². The zero-order valence-electron chi connectivity index (χ0n) is 16.3. The van der Waals surface area contributed by atoms with Gasteiger partial charge in [-0.15, -0.1) is 6.58 Å². The Morgan fingerprint density at radius 3 is 2.64 bits per heavy atom. The summed E-state index contributed by atoms with van der Waals surface area (Å²) in [4.78, 5) is 8.82. The van der Waals surface area contributed by atoms with Gasteiger partial charge in [0.2, 0.25) is 0 Å². The molecule has 1 saturated carbocycles. The van der Waals surface area contributed by atoms with Crippen LogP contribution in [0.2, 0.25) is 0 Å². The van der Waals surface area contributed by atoms with Gasteiger partial charge in [0.05, 0.1) is 12.5 Å². The summed E-state index contributed by atoms with van der Waals surface area (Å²) >= 11 is 0. The number of benzene rings is 1. The zero-order chi connectivity index (χ0) is 19.5. The van der Waals surface area contributed by atoms with Gasteiger partial charge in [0.1, 0.15) is 23.5 Å². The van der Waals surface area contributed by atoms with Crippen molar-refractivity contribution in [2.75, 3.05) is 19.4 Å². The van der Waals surface area contributed by atoms with Crippen molar-refractivity contribution in [3.05, 3.63) is 49.4 Å². The topological polar surface area (TPSA) is 78.0 Å². The monoisotopic (exact) mass is 377 g/mol. The molecule has 0 spiro atoms. The lowest BCUT2D eigenvalue weighted by Gasteiger charge is -2.30. The Kier molecular flexibility index (Phi) is 5.30. The number of nitrogens with zero attached hydrogens (tertiary/aromatic N) is 3. The van der Waals surface area contributed by atoms with E-state index in [1.807, 2.05) is 18.2 Å². The SMILES string of the molecule is C=CCNC1CCC(n2cc(-c3ccc(OC)cc3)c3c(N)ncnc32)CC1. The van der Waals surface area contributed by atoms with E-state index in [2.05, 4.69) is 44.8 Å². The van der Waals surface area contributed by atoms with Crippen molar-refractivity contribution < 1.29 is 4.74 Å². The lowest BCUT2D eigenvalue weighted by Crippen LogP contribution is -2.33. The second kappa shape index (κ2) is 8.02. The van der Waals surface area contributed by atoms with Crippen LogP contribution >= 0.6 is 0 Å². The highest BCUT2D eigenvalue weighted by molar-refractivity contribution is 6.00. The Balaban J connectivity index is 1.68. The van der Waals surface area contributed by atoms with E-state index in [0.717, 1.165) is 60.1 Å². The summed E-state index contributed by atoms with van der Waals surface area (Å²) in [5.41, 5.74) is 9.34. The Hall–Kier alpha value is -2.86. The van der Waals surface area contributed by atoms with Gasteiger partial charge in [-0.05, 0) is 43.4 Å². The number of nitrogens with two attached hydrogens (primary N) is 1. The van der Waals surface area contributed by atoms with Crippen LogP contribution in [-0.4, -0.2) is 34.2 Å². The van der Waals surface area contributed by atoms with Gasteiger partial charge in [-0.1, -0.05) is 18.2 Å². The third-order valence-electron chi connectivity index (χ3n) is 5.68. The summed E-state index contributed by atoms with van der Waals surface area (Å²) in [5, 5.41) is 4.48. The first-order chi connectivity index (χ1) is 13.7. The van der Waals surface area contributed by atoms with Gasteiger partial charge in [-0.25, -0.2) is 9.97 Å². The van der Waals surface area contributed by atoms with Gasteiger partial charge >= 0.3 is 0 Å². The van der Waals surface area contributed by atoms with Crippen molar-refractivity contribution in [2.45, 2.75) is 37.8 Å². The fourth-order valence-electron chi connectivity index (χ4n) is 4.18. The molecule has 4 rings (SSSR count). The van der Waals surface area contributed by atoms with Crippen molar-refractivity contribution in [1.82, 2.24) is 19.9 Å². The van der Waals surface area contributed by atoms with E-state index >= 15 is 0 Å². The van der Waals surface area contributed by atoms with Crippen molar-refractivity contribution >= 4 is 16.9 Å². The Bertz CT molecular complexity index is 955. The molecular formula is C22H27N5O. The van der Waals surface area contributed by atoms with Crippen LogP contribution < -0.4 is 15.8 Å². The normalized spacial score (nSPS) is 19.6. The first kappa shape index (κ1) is 18.5. The highest BCUT2D eigenvalue weighted by Gasteiger charge is 2.25. The maximum absolute atomic E-state index is 6.26. The molecule has 1 aliphatic rings. The molecule has 2 aromatic heterocycles. The lowest BCUT2D eigenvalue weighted by molar-refractivity contribution is 0.300. The number of fused-ring (bicyclic) bond motifs is 1. The number of nitrogen functional groups attached to an aromatic ring is 1. The van der Waals surface area contributed by atoms with Crippen LogP contribution in [0.5, 0.6) is 5.75 Å². The third-order valence-corrected chi connectivity index (χ3v) is 5.68. The van der Waals surface area contributed by atoms with E-state index in [1.165, 1.54) is 0 Å². The van der Waals surface area contributed by atoms with E-state index in [0.29, 0.717) is 17.9 Å². The zero-order valence-corrected chi connectivity index (χ0v) is 16.3. The first-order valence-electron chi connectivity index (χ1n) is 9.81. The van der Waals surface area contributed by atoms with Crippen molar-refractivity contribution in [3.63, 3.8) is 0 Å². The predicted octanol–water partition coefficient (Wildman–Crippen LogP) is 3.95. The second-order valence-electron chi connectivity index (χ2n) is 7.34. The molecule has 1 aliphatic carbocycles. The van der Waals surface area contributed by atoms with E-state index < -0.39 is 0 Å². The molecule has 146 valence electrons. The molecule has 0 atom stereocenters. The summed E-state index contributed by atoms with van der Waals surface area (Å²) in [5.74, 6) is 1.36. The molecule has 0 saturated heterocycles. The minimum Gasteiger partial charge on any atom is -0.497 e. The molecule has 0 amide bonds. The standard InChI is InChI=1S/C22H27N5O/c1-3-12-24-16-6-8-17(9-7-16)27-13-19(15-4-10-18(28-2)11-5-15)20-21(23)25-14-26-22(20)27/h3-5,10-11,13-14,16-17,24H,1,6-9,12H2,2H3,(H2,23,25,26). The molecule has 0 aliphatic heterocycles. The Labute approximate surface area is 165 Å².